The van der Waals surface area contributed by atoms with Crippen LogP contribution in [0.15, 0.2) is 11.6 Å². The zero-order valence-electron chi connectivity index (χ0n) is 15.5. The van der Waals surface area contributed by atoms with Crippen LogP contribution in [0.2, 0.25) is 0 Å². The van der Waals surface area contributed by atoms with Gasteiger partial charge in [0, 0.05) is 38.3 Å². The Bertz CT molecular complexity index is 761. The maximum absolute atomic E-state index is 13.2. The van der Waals surface area contributed by atoms with Crippen molar-refractivity contribution in [2.75, 3.05) is 33.7 Å². The Balaban J connectivity index is 1.83. The van der Waals surface area contributed by atoms with E-state index in [1.807, 2.05) is 32.8 Å². The van der Waals surface area contributed by atoms with Crippen molar-refractivity contribution >= 4 is 28.1 Å². The minimum atomic E-state index is -0.0461. The van der Waals surface area contributed by atoms with Crippen LogP contribution in [0.25, 0.3) is 4.96 Å². The molecule has 0 atom stereocenters. The van der Waals surface area contributed by atoms with Gasteiger partial charge in [-0.05, 0) is 19.9 Å². The summed E-state index contributed by atoms with van der Waals surface area (Å²) < 4.78 is 1.97. The molecule has 2 amide bonds. The normalized spacial score (nSPS) is 15.9. The molecule has 2 aromatic heterocycles. The molecule has 1 aliphatic heterocycles. The van der Waals surface area contributed by atoms with Crippen LogP contribution < -0.4 is 5.32 Å². The number of aromatic nitrogens is 2. The highest BCUT2D eigenvalue weighted by Gasteiger charge is 2.25. The number of likely N-dealkylation sites (N-methyl/N-ethyl adjacent to an activating group) is 2. The summed E-state index contributed by atoms with van der Waals surface area (Å²) in [5.74, 6) is -0.0265. The Morgan fingerprint density at radius 3 is 2.62 bits per heavy atom. The summed E-state index contributed by atoms with van der Waals surface area (Å²) in [6, 6.07) is 0. The maximum Gasteiger partial charge on any atom is 0.274 e. The summed E-state index contributed by atoms with van der Waals surface area (Å²) in [5, 5.41) is 4.60. The number of rotatable bonds is 5. The van der Waals surface area contributed by atoms with E-state index in [-0.39, 0.29) is 18.4 Å². The van der Waals surface area contributed by atoms with Crippen molar-refractivity contribution in [2.45, 2.75) is 38.6 Å². The lowest BCUT2D eigenvalue weighted by Gasteiger charge is -2.25. The van der Waals surface area contributed by atoms with Gasteiger partial charge in [0.2, 0.25) is 5.91 Å². The third kappa shape index (κ3) is 4.24. The topological polar surface area (TPSA) is 70.0 Å². The molecule has 0 unspecified atom stereocenters. The lowest BCUT2D eigenvalue weighted by atomic mass is 10.1. The van der Waals surface area contributed by atoms with Gasteiger partial charge < -0.3 is 10.2 Å². The third-order valence-electron chi connectivity index (χ3n) is 4.82. The second-order valence-electron chi connectivity index (χ2n) is 6.87. The maximum atomic E-state index is 13.2. The fraction of sp³-hybridized carbons (Fsp3) is 0.611. The minimum absolute atomic E-state index is 0.0196. The first kappa shape index (κ1) is 18.8. The molecule has 1 aliphatic rings. The van der Waals surface area contributed by atoms with Crippen LogP contribution in [0.5, 0.6) is 0 Å². The molecule has 2 aromatic rings. The summed E-state index contributed by atoms with van der Waals surface area (Å²) in [4.78, 5) is 34.1. The summed E-state index contributed by atoms with van der Waals surface area (Å²) >= 11 is 1.52. The fourth-order valence-corrected chi connectivity index (χ4v) is 4.12. The highest BCUT2D eigenvalue weighted by atomic mass is 32.1. The van der Waals surface area contributed by atoms with Gasteiger partial charge in [0.15, 0.2) is 10.7 Å². The van der Waals surface area contributed by atoms with E-state index in [4.69, 9.17) is 0 Å². The second kappa shape index (κ2) is 8.64. The van der Waals surface area contributed by atoms with E-state index < -0.39 is 0 Å². The smallest absolute Gasteiger partial charge is 0.274 e. The van der Waals surface area contributed by atoms with E-state index in [1.54, 1.807) is 7.05 Å². The quantitative estimate of drug-likeness (QED) is 0.865. The van der Waals surface area contributed by atoms with Crippen LogP contribution in [0.4, 0.5) is 0 Å². The molecule has 0 radical (unpaired) electrons. The number of nitrogens with one attached hydrogen (secondary N) is 1. The largest absolute Gasteiger partial charge is 0.358 e. The molecule has 0 bridgehead atoms. The summed E-state index contributed by atoms with van der Waals surface area (Å²) in [7, 11) is 3.51. The minimum Gasteiger partial charge on any atom is -0.358 e. The molecule has 26 heavy (non-hydrogen) atoms. The van der Waals surface area contributed by atoms with Crippen molar-refractivity contribution < 1.29 is 9.59 Å². The first-order valence-electron chi connectivity index (χ1n) is 9.23. The van der Waals surface area contributed by atoms with Gasteiger partial charge in [-0.25, -0.2) is 4.98 Å². The molecule has 3 rings (SSSR count). The number of carbonyl (C=O) groups excluding carboxylic acids is 2. The number of nitrogens with zero attached hydrogens (tertiary/aromatic N) is 4. The van der Waals surface area contributed by atoms with E-state index in [2.05, 4.69) is 10.3 Å². The SMILES string of the molecule is CNC(=O)CN(C)Cc1c(C(=O)N2CCCCCCC2)nc2sccn12. The van der Waals surface area contributed by atoms with E-state index in [0.717, 1.165) is 36.6 Å². The van der Waals surface area contributed by atoms with Crippen LogP contribution in [0.1, 0.15) is 48.3 Å². The predicted molar refractivity (Wildman–Crippen MR) is 102 cm³/mol. The van der Waals surface area contributed by atoms with Gasteiger partial charge in [-0.3, -0.25) is 18.9 Å². The van der Waals surface area contributed by atoms with Crippen molar-refractivity contribution in [3.63, 3.8) is 0 Å². The molecule has 7 nitrogen and oxygen atoms in total. The monoisotopic (exact) mass is 377 g/mol. The van der Waals surface area contributed by atoms with Gasteiger partial charge >= 0.3 is 0 Å². The zero-order chi connectivity index (χ0) is 18.5. The summed E-state index contributed by atoms with van der Waals surface area (Å²) in [6.07, 6.45) is 7.69. The molecule has 3 heterocycles. The average Bonchev–Trinajstić information content (AvgIpc) is 3.16. The highest BCUT2D eigenvalue weighted by Crippen LogP contribution is 2.21. The Morgan fingerprint density at radius 1 is 1.23 bits per heavy atom. The first-order chi connectivity index (χ1) is 12.6. The second-order valence-corrected chi connectivity index (χ2v) is 7.74. The van der Waals surface area contributed by atoms with Gasteiger partial charge in [-0.2, -0.15) is 0 Å². The number of hydrogen-bond donors (Lipinski definition) is 1. The number of carbonyl (C=O) groups is 2. The lowest BCUT2D eigenvalue weighted by molar-refractivity contribution is -0.121. The molecule has 0 spiro atoms. The zero-order valence-corrected chi connectivity index (χ0v) is 16.3. The fourth-order valence-electron chi connectivity index (χ4n) is 3.39. The van der Waals surface area contributed by atoms with Gasteiger partial charge in [-0.1, -0.05) is 19.3 Å². The van der Waals surface area contributed by atoms with Gasteiger partial charge in [-0.15, -0.1) is 11.3 Å². The van der Waals surface area contributed by atoms with Crippen LogP contribution in [0, 0.1) is 0 Å². The third-order valence-corrected chi connectivity index (χ3v) is 5.58. The van der Waals surface area contributed by atoms with Gasteiger partial charge in [0.25, 0.3) is 5.91 Å². The van der Waals surface area contributed by atoms with Crippen molar-refractivity contribution in [1.29, 1.82) is 0 Å². The van der Waals surface area contributed by atoms with Gasteiger partial charge in [0.1, 0.15) is 0 Å². The molecule has 142 valence electrons. The molecule has 0 saturated carbocycles. The lowest BCUT2D eigenvalue weighted by Crippen LogP contribution is -2.36. The molecular weight excluding hydrogens is 350 g/mol. The van der Waals surface area contributed by atoms with Crippen molar-refractivity contribution in [2.24, 2.45) is 0 Å². The average molecular weight is 378 g/mol. The molecule has 1 fully saturated rings. The molecule has 0 aromatic carbocycles. The first-order valence-corrected chi connectivity index (χ1v) is 10.1. The van der Waals surface area contributed by atoms with E-state index in [0.29, 0.717) is 12.2 Å². The summed E-state index contributed by atoms with van der Waals surface area (Å²) in [6.45, 7) is 2.39. The van der Waals surface area contributed by atoms with Crippen LogP contribution >= 0.6 is 11.3 Å². The van der Waals surface area contributed by atoms with E-state index in [9.17, 15) is 9.59 Å². The van der Waals surface area contributed by atoms with E-state index in [1.165, 1.54) is 30.6 Å². The Hall–Kier alpha value is -1.93. The molecule has 1 N–H and O–H groups in total. The van der Waals surface area contributed by atoms with Crippen LogP contribution in [-0.2, 0) is 11.3 Å². The molecular formula is C18H27N5O2S. The number of amides is 2. The molecule has 8 heteroatoms. The van der Waals surface area contributed by atoms with Crippen LogP contribution in [0.3, 0.4) is 0 Å². The number of hydrogen-bond acceptors (Lipinski definition) is 5. The number of likely N-dealkylation sites (tertiary alicyclic amines) is 1. The number of thiazole rings is 1. The summed E-state index contributed by atoms with van der Waals surface area (Å²) in [5.41, 5.74) is 1.39. The predicted octanol–water partition coefficient (Wildman–Crippen LogP) is 1.98. The van der Waals surface area contributed by atoms with Crippen LogP contribution in [-0.4, -0.2) is 64.7 Å². The highest BCUT2D eigenvalue weighted by molar-refractivity contribution is 7.15. The number of fused-ring (bicyclic) bond motifs is 1. The van der Waals surface area contributed by atoms with Crippen molar-refractivity contribution in [3.8, 4) is 0 Å². The Labute approximate surface area is 158 Å². The number of imidazole rings is 1. The van der Waals surface area contributed by atoms with Crippen molar-refractivity contribution in [3.05, 3.63) is 23.0 Å². The molecule has 0 aliphatic carbocycles. The van der Waals surface area contributed by atoms with Gasteiger partial charge in [0.05, 0.1) is 12.2 Å². The standard InChI is InChI=1S/C18H27N5O2S/c1-19-15(24)13-21(2)12-14-16(20-18-23(14)10-11-26-18)17(25)22-8-6-4-3-5-7-9-22/h10-11H,3-9,12-13H2,1-2H3,(H,19,24). The van der Waals surface area contributed by atoms with Crippen molar-refractivity contribution in [1.82, 2.24) is 24.5 Å². The Kier molecular flexibility index (Phi) is 6.26. The van der Waals surface area contributed by atoms with E-state index >= 15 is 0 Å². The molecule has 1 saturated heterocycles. The Morgan fingerprint density at radius 2 is 1.92 bits per heavy atom.